The summed E-state index contributed by atoms with van der Waals surface area (Å²) in [6.45, 7) is 0.896. The zero-order valence-corrected chi connectivity index (χ0v) is 36.2. The van der Waals surface area contributed by atoms with Crippen molar-refractivity contribution in [3.05, 3.63) is 118 Å². The van der Waals surface area contributed by atoms with Crippen molar-refractivity contribution in [2.75, 3.05) is 19.7 Å². The van der Waals surface area contributed by atoms with Crippen LogP contribution in [0.2, 0.25) is 0 Å². The molecule has 1 atom stereocenters. The molecule has 2 aliphatic heterocycles. The predicted octanol–water partition coefficient (Wildman–Crippen LogP) is 6.13. The van der Waals surface area contributed by atoms with Crippen LogP contribution >= 0.6 is 0 Å². The number of pyridine rings is 2. The van der Waals surface area contributed by atoms with Gasteiger partial charge in [0, 0.05) is 58.8 Å². The molecule has 3 aromatic carbocycles. The van der Waals surface area contributed by atoms with E-state index < -0.39 is 11.9 Å². The van der Waals surface area contributed by atoms with Crippen molar-refractivity contribution in [2.45, 2.75) is 95.2 Å². The third kappa shape index (κ3) is 9.19. The van der Waals surface area contributed by atoms with Crippen molar-refractivity contribution in [2.24, 2.45) is 0 Å². The molecule has 15 heteroatoms. The summed E-state index contributed by atoms with van der Waals surface area (Å²) in [6, 6.07) is 26.8. The second-order valence-electron chi connectivity index (χ2n) is 17.3. The van der Waals surface area contributed by atoms with E-state index in [1.807, 2.05) is 36.4 Å². The van der Waals surface area contributed by atoms with E-state index in [-0.39, 0.29) is 60.9 Å². The lowest BCUT2D eigenvalue weighted by Crippen LogP contribution is -2.51. The summed E-state index contributed by atoms with van der Waals surface area (Å²) >= 11 is 0. The van der Waals surface area contributed by atoms with Gasteiger partial charge in [-0.25, -0.2) is 19.3 Å². The number of hydrogen-bond acceptors (Lipinski definition) is 10. The van der Waals surface area contributed by atoms with Crippen LogP contribution in [0.4, 0.5) is 0 Å². The summed E-state index contributed by atoms with van der Waals surface area (Å²) in [4.78, 5) is 82.2. The van der Waals surface area contributed by atoms with Gasteiger partial charge < -0.3 is 15.0 Å². The average Bonchev–Trinajstić information content (AvgIpc) is 3.80. The molecule has 2 fully saturated rings. The number of rotatable bonds is 18. The SMILES string of the molecule is O=C(CCCCCCCNC(=O)CNC1(c2ccc(-c3nc4ccn5c(=O)[nH]nc5c4cc3-c3ccccc3)cc2)CCC1)COc1cccc2c1CN([C@H]1CCCC(=O)NC1=O)C2=O. The van der Waals surface area contributed by atoms with Crippen molar-refractivity contribution in [3.63, 3.8) is 0 Å². The van der Waals surface area contributed by atoms with E-state index in [4.69, 9.17) is 9.72 Å². The van der Waals surface area contributed by atoms with Gasteiger partial charge >= 0.3 is 5.69 Å². The summed E-state index contributed by atoms with van der Waals surface area (Å²) in [7, 11) is 0. The number of ketones is 1. The minimum atomic E-state index is -0.726. The molecular formula is C50H52N8O7. The van der Waals surface area contributed by atoms with Gasteiger partial charge in [0.05, 0.1) is 24.3 Å². The number of ether oxygens (including phenoxy) is 1. The number of H-pyrrole nitrogens is 1. The number of Topliss-reactive ketones (excluding diaryl/α,β-unsaturated/α-hetero) is 1. The number of unbranched alkanes of at least 4 members (excludes halogenated alkanes) is 4. The van der Waals surface area contributed by atoms with E-state index >= 15 is 0 Å². The Balaban J connectivity index is 0.701. The average molecular weight is 877 g/mol. The third-order valence-corrected chi connectivity index (χ3v) is 13.1. The van der Waals surface area contributed by atoms with Crippen molar-refractivity contribution in [3.8, 4) is 28.1 Å². The molecule has 334 valence electrons. The number of hydrogen-bond donors (Lipinski definition) is 4. The van der Waals surface area contributed by atoms with Gasteiger partial charge in [0.1, 0.15) is 18.4 Å². The molecule has 3 aliphatic rings. The van der Waals surface area contributed by atoms with Crippen LogP contribution in [0.15, 0.2) is 95.9 Å². The van der Waals surface area contributed by atoms with Gasteiger partial charge in [-0.3, -0.25) is 34.6 Å². The molecule has 3 aromatic heterocycles. The highest BCUT2D eigenvalue weighted by molar-refractivity contribution is 6.05. The number of benzene rings is 3. The van der Waals surface area contributed by atoms with Gasteiger partial charge in [-0.1, -0.05) is 79.9 Å². The minimum Gasteiger partial charge on any atom is -0.485 e. The number of aromatic nitrogens is 4. The van der Waals surface area contributed by atoms with E-state index in [1.54, 1.807) is 24.4 Å². The minimum absolute atomic E-state index is 0.0262. The third-order valence-electron chi connectivity index (χ3n) is 13.1. The van der Waals surface area contributed by atoms with Gasteiger partial charge in [0.25, 0.3) is 5.91 Å². The number of nitrogens with one attached hydrogen (secondary N) is 4. The highest BCUT2D eigenvalue weighted by Crippen LogP contribution is 2.42. The van der Waals surface area contributed by atoms with Gasteiger partial charge in [-0.15, -0.1) is 0 Å². The van der Waals surface area contributed by atoms with E-state index in [1.165, 1.54) is 9.30 Å². The molecule has 1 aliphatic carbocycles. The van der Waals surface area contributed by atoms with Crippen LogP contribution in [0.3, 0.4) is 0 Å². The second-order valence-corrected chi connectivity index (χ2v) is 17.3. The molecule has 6 aromatic rings. The summed E-state index contributed by atoms with van der Waals surface area (Å²) in [5.74, 6) is -0.672. The van der Waals surface area contributed by atoms with Gasteiger partial charge in [-0.2, -0.15) is 5.10 Å². The largest absolute Gasteiger partial charge is 0.485 e. The maximum atomic E-state index is 13.2. The van der Waals surface area contributed by atoms with Crippen LogP contribution in [-0.4, -0.2) is 79.6 Å². The van der Waals surface area contributed by atoms with Crippen LogP contribution in [0.1, 0.15) is 98.5 Å². The fourth-order valence-electron chi connectivity index (χ4n) is 9.34. The van der Waals surface area contributed by atoms with Crippen LogP contribution in [-0.2, 0) is 31.3 Å². The molecule has 1 saturated heterocycles. The molecule has 5 heterocycles. The molecule has 0 radical (unpaired) electrons. The number of aromatic amines is 1. The first-order valence-electron chi connectivity index (χ1n) is 22.7. The Morgan fingerprint density at radius 2 is 1.65 bits per heavy atom. The Morgan fingerprint density at radius 1 is 0.846 bits per heavy atom. The fourth-order valence-corrected chi connectivity index (χ4v) is 9.34. The molecule has 4 amide bonds. The van der Waals surface area contributed by atoms with Crippen LogP contribution in [0, 0.1) is 0 Å². The first kappa shape index (κ1) is 43.3. The Kier molecular flexibility index (Phi) is 12.6. The standard InChI is InChI=1S/C50H52N8O7/c59-35(31-65-42-17-9-15-36-39(42)30-58(48(36)63)41-16-10-18-43(60)54-47(41)62)14-7-2-1-3-8-26-51-44(61)29-52-50(24-11-25-50)34-21-19-33(20-22-34)45-37(32-12-5-4-6-13-32)28-38-40(53-45)23-27-57-46(38)55-56-49(57)64/h4-6,9,12-13,15,17,19-23,27-28,41,52H,1-3,7-8,10-11,14,16,18,24-26,29-31H2,(H,51,61)(H,56,64)(H,54,60,62)/t41-/m0/s1. The number of carbonyl (C=O) groups excluding carboxylic acids is 5. The molecule has 1 saturated carbocycles. The van der Waals surface area contributed by atoms with E-state index in [9.17, 15) is 28.8 Å². The molecule has 0 unspecified atom stereocenters. The molecule has 65 heavy (non-hydrogen) atoms. The Morgan fingerprint density at radius 3 is 2.45 bits per heavy atom. The van der Waals surface area contributed by atoms with Gasteiger partial charge in [0.2, 0.25) is 17.7 Å². The smallest absolute Gasteiger partial charge is 0.347 e. The molecule has 15 nitrogen and oxygen atoms in total. The highest BCUT2D eigenvalue weighted by Gasteiger charge is 2.40. The van der Waals surface area contributed by atoms with Crippen molar-refractivity contribution < 1.29 is 28.7 Å². The summed E-state index contributed by atoms with van der Waals surface area (Å²) in [6.07, 6.45) is 10.6. The van der Waals surface area contributed by atoms with E-state index in [0.29, 0.717) is 48.3 Å². The predicted molar refractivity (Wildman–Crippen MR) is 244 cm³/mol. The number of imide groups is 1. The first-order valence-corrected chi connectivity index (χ1v) is 22.7. The molecular weight excluding hydrogens is 825 g/mol. The first-order chi connectivity index (χ1) is 31.7. The highest BCUT2D eigenvalue weighted by atomic mass is 16.5. The van der Waals surface area contributed by atoms with Gasteiger partial charge in [-0.05, 0) is 80.3 Å². The summed E-state index contributed by atoms with van der Waals surface area (Å²) in [5, 5.41) is 16.6. The van der Waals surface area contributed by atoms with Crippen molar-refractivity contribution in [1.82, 2.24) is 40.4 Å². The Bertz CT molecular complexity index is 2830. The maximum absolute atomic E-state index is 13.2. The van der Waals surface area contributed by atoms with Crippen LogP contribution < -0.4 is 26.4 Å². The molecule has 4 N–H and O–H groups in total. The molecule has 0 bridgehead atoms. The zero-order chi connectivity index (χ0) is 44.9. The van der Waals surface area contributed by atoms with Crippen LogP contribution in [0.25, 0.3) is 38.9 Å². The lowest BCUT2D eigenvalue weighted by Gasteiger charge is -2.43. The molecule has 0 spiro atoms. The number of amides is 4. The van der Waals surface area contributed by atoms with Crippen molar-refractivity contribution in [1.29, 1.82) is 0 Å². The Hall–Kier alpha value is -7.00. The van der Waals surface area contributed by atoms with Gasteiger partial charge in [0.15, 0.2) is 11.4 Å². The quantitative estimate of drug-likeness (QED) is 0.0576. The Labute approximate surface area is 375 Å². The summed E-state index contributed by atoms with van der Waals surface area (Å²) in [5.41, 5.74) is 6.67. The summed E-state index contributed by atoms with van der Waals surface area (Å²) < 4.78 is 7.38. The van der Waals surface area contributed by atoms with Crippen LogP contribution in [0.5, 0.6) is 5.75 Å². The van der Waals surface area contributed by atoms with Crippen molar-refractivity contribution >= 4 is 46.0 Å². The van der Waals surface area contributed by atoms with E-state index in [2.05, 4.69) is 56.5 Å². The normalized spacial score (nSPS) is 16.8. The lowest BCUT2D eigenvalue weighted by atomic mass is 9.71. The fraction of sp³-hybridized carbons (Fsp3) is 0.360. The second kappa shape index (κ2) is 19.0. The van der Waals surface area contributed by atoms with E-state index in [0.717, 1.165) is 90.2 Å². The number of nitrogens with zero attached hydrogens (tertiary/aromatic N) is 4. The topological polar surface area (TPSA) is 197 Å². The zero-order valence-electron chi connectivity index (χ0n) is 36.2. The monoisotopic (exact) mass is 876 g/mol. The number of carbonyl (C=O) groups is 5. The molecule has 9 rings (SSSR count). The number of fused-ring (bicyclic) bond motifs is 4. The maximum Gasteiger partial charge on any atom is 0.347 e. The lowest BCUT2D eigenvalue weighted by molar-refractivity contribution is -0.132.